The van der Waals surface area contributed by atoms with Crippen LogP contribution in [-0.4, -0.2) is 23.8 Å². The lowest BCUT2D eigenvalue weighted by atomic mass is 9.93. The van der Waals surface area contributed by atoms with Crippen molar-refractivity contribution in [3.8, 4) is 5.75 Å². The SMILES string of the molecule is COc1cc(N2C(=O)C3=C(CCCC3)C2=O)c([N+](=O)[O-])cc1Br. The van der Waals surface area contributed by atoms with Crippen LogP contribution in [0.5, 0.6) is 5.75 Å². The van der Waals surface area contributed by atoms with Gasteiger partial charge in [-0.25, -0.2) is 4.90 Å². The Kier molecular flexibility index (Phi) is 3.93. The van der Waals surface area contributed by atoms with Gasteiger partial charge in [-0.3, -0.25) is 19.7 Å². The van der Waals surface area contributed by atoms with Crippen molar-refractivity contribution in [1.82, 2.24) is 0 Å². The number of nitrogens with zero attached hydrogens (tertiary/aromatic N) is 2. The highest BCUT2D eigenvalue weighted by Gasteiger charge is 2.42. The maximum Gasteiger partial charge on any atom is 0.294 e. The number of imide groups is 1. The maximum atomic E-state index is 12.6. The van der Waals surface area contributed by atoms with E-state index >= 15 is 0 Å². The molecule has 1 aromatic rings. The average molecular weight is 381 g/mol. The van der Waals surface area contributed by atoms with E-state index in [0.29, 0.717) is 34.2 Å². The van der Waals surface area contributed by atoms with Crippen molar-refractivity contribution in [3.63, 3.8) is 0 Å². The standard InChI is InChI=1S/C15H13BrN2O5/c1-23-13-7-11(12(18(21)22)6-10(13)16)17-14(19)8-4-2-3-5-9(8)15(17)20/h6-7H,2-5H2,1H3. The monoisotopic (exact) mass is 380 g/mol. The summed E-state index contributed by atoms with van der Waals surface area (Å²) in [5, 5.41) is 11.3. The molecular formula is C15H13BrN2O5. The Balaban J connectivity index is 2.14. The second-order valence-corrected chi connectivity index (χ2v) is 6.20. The minimum absolute atomic E-state index is 0.0561. The van der Waals surface area contributed by atoms with Gasteiger partial charge in [0, 0.05) is 23.3 Å². The molecule has 0 bridgehead atoms. The third-order valence-electron chi connectivity index (χ3n) is 4.08. The zero-order valence-electron chi connectivity index (χ0n) is 12.3. The van der Waals surface area contributed by atoms with Gasteiger partial charge in [-0.2, -0.15) is 0 Å². The van der Waals surface area contributed by atoms with Crippen LogP contribution in [0.25, 0.3) is 0 Å². The van der Waals surface area contributed by atoms with Gasteiger partial charge in [0.1, 0.15) is 11.4 Å². The van der Waals surface area contributed by atoms with E-state index < -0.39 is 16.7 Å². The Bertz CT molecular complexity index is 743. The van der Waals surface area contributed by atoms with Gasteiger partial charge in [0.15, 0.2) is 0 Å². The molecule has 23 heavy (non-hydrogen) atoms. The third kappa shape index (κ3) is 2.42. The fraction of sp³-hybridized carbons (Fsp3) is 0.333. The van der Waals surface area contributed by atoms with Crippen LogP contribution in [0, 0.1) is 10.1 Å². The number of benzene rings is 1. The summed E-state index contributed by atoms with van der Waals surface area (Å²) in [5.74, 6) is -0.606. The molecule has 0 N–H and O–H groups in total. The van der Waals surface area contributed by atoms with E-state index in [1.807, 2.05) is 0 Å². The molecule has 0 spiro atoms. The highest BCUT2D eigenvalue weighted by atomic mass is 79.9. The van der Waals surface area contributed by atoms with Crippen molar-refractivity contribution in [2.45, 2.75) is 25.7 Å². The molecular weight excluding hydrogens is 368 g/mol. The third-order valence-corrected chi connectivity index (χ3v) is 4.70. The molecule has 2 aliphatic rings. The maximum absolute atomic E-state index is 12.6. The number of ether oxygens (including phenoxy) is 1. The predicted octanol–water partition coefficient (Wildman–Crippen LogP) is 3.11. The number of hydrogen-bond donors (Lipinski definition) is 0. The number of carbonyl (C=O) groups is 2. The Labute approximate surface area is 140 Å². The van der Waals surface area contributed by atoms with E-state index in [9.17, 15) is 19.7 Å². The largest absolute Gasteiger partial charge is 0.495 e. The Morgan fingerprint density at radius 1 is 1.17 bits per heavy atom. The molecule has 0 saturated heterocycles. The van der Waals surface area contributed by atoms with E-state index in [1.54, 1.807) is 0 Å². The number of nitro groups is 1. The number of amides is 2. The predicted molar refractivity (Wildman–Crippen MR) is 85.3 cm³/mol. The first kappa shape index (κ1) is 15.7. The molecule has 2 amide bonds. The summed E-state index contributed by atoms with van der Waals surface area (Å²) < 4.78 is 5.52. The lowest BCUT2D eigenvalue weighted by molar-refractivity contribution is -0.384. The van der Waals surface area contributed by atoms with Crippen LogP contribution in [0.1, 0.15) is 25.7 Å². The van der Waals surface area contributed by atoms with Gasteiger partial charge < -0.3 is 4.74 Å². The highest BCUT2D eigenvalue weighted by Crippen LogP contribution is 2.42. The first-order chi connectivity index (χ1) is 11.0. The summed E-state index contributed by atoms with van der Waals surface area (Å²) in [6, 6.07) is 2.59. The van der Waals surface area contributed by atoms with Gasteiger partial charge in [-0.15, -0.1) is 0 Å². The summed E-state index contributed by atoms with van der Waals surface area (Å²) in [5.41, 5.74) is 0.591. The second-order valence-electron chi connectivity index (χ2n) is 5.34. The van der Waals surface area contributed by atoms with Crippen molar-refractivity contribution >= 4 is 39.1 Å². The summed E-state index contributed by atoms with van der Waals surface area (Å²) in [6.07, 6.45) is 2.77. The lowest BCUT2D eigenvalue weighted by Gasteiger charge is -2.16. The van der Waals surface area contributed by atoms with E-state index in [-0.39, 0.29) is 11.4 Å². The molecule has 3 rings (SSSR count). The smallest absolute Gasteiger partial charge is 0.294 e. The molecule has 1 aliphatic carbocycles. The van der Waals surface area contributed by atoms with E-state index in [2.05, 4.69) is 15.9 Å². The quantitative estimate of drug-likeness (QED) is 0.456. The lowest BCUT2D eigenvalue weighted by Crippen LogP contribution is -2.32. The van der Waals surface area contributed by atoms with Gasteiger partial charge in [0.25, 0.3) is 17.5 Å². The van der Waals surface area contributed by atoms with E-state index in [4.69, 9.17) is 4.74 Å². The van der Waals surface area contributed by atoms with Crippen LogP contribution in [0.15, 0.2) is 27.8 Å². The number of halogens is 1. The van der Waals surface area contributed by atoms with Gasteiger partial charge in [-0.1, -0.05) is 0 Å². The van der Waals surface area contributed by atoms with Crippen LogP contribution >= 0.6 is 15.9 Å². The molecule has 0 aromatic heterocycles. The van der Waals surface area contributed by atoms with Crippen LogP contribution in [-0.2, 0) is 9.59 Å². The molecule has 1 heterocycles. The van der Waals surface area contributed by atoms with Crippen molar-refractivity contribution in [2.24, 2.45) is 0 Å². The zero-order chi connectivity index (χ0) is 16.7. The summed E-state index contributed by atoms with van der Waals surface area (Å²) in [7, 11) is 1.41. The van der Waals surface area contributed by atoms with Gasteiger partial charge in [0.2, 0.25) is 0 Å². The molecule has 0 unspecified atom stereocenters. The van der Waals surface area contributed by atoms with Crippen molar-refractivity contribution in [2.75, 3.05) is 12.0 Å². The van der Waals surface area contributed by atoms with Gasteiger partial charge in [-0.05, 0) is 41.6 Å². The van der Waals surface area contributed by atoms with Crippen LogP contribution in [0.2, 0.25) is 0 Å². The number of rotatable bonds is 3. The Morgan fingerprint density at radius 3 is 2.22 bits per heavy atom. The minimum atomic E-state index is -0.614. The molecule has 1 aliphatic heterocycles. The fourth-order valence-electron chi connectivity index (χ4n) is 2.97. The molecule has 7 nitrogen and oxygen atoms in total. The van der Waals surface area contributed by atoms with Crippen molar-refractivity contribution in [3.05, 3.63) is 37.9 Å². The molecule has 120 valence electrons. The van der Waals surface area contributed by atoms with Gasteiger partial charge >= 0.3 is 0 Å². The number of hydrogen-bond acceptors (Lipinski definition) is 5. The van der Waals surface area contributed by atoms with Gasteiger partial charge in [0.05, 0.1) is 16.5 Å². The Hall–Kier alpha value is -2.22. The normalized spacial score (nSPS) is 17.6. The molecule has 0 radical (unpaired) electrons. The minimum Gasteiger partial charge on any atom is -0.495 e. The zero-order valence-corrected chi connectivity index (χ0v) is 13.9. The van der Waals surface area contributed by atoms with Crippen molar-refractivity contribution in [1.29, 1.82) is 0 Å². The Morgan fingerprint density at radius 2 is 1.74 bits per heavy atom. The summed E-state index contributed by atoms with van der Waals surface area (Å²) in [4.78, 5) is 36.8. The highest BCUT2D eigenvalue weighted by molar-refractivity contribution is 9.10. The number of methoxy groups -OCH3 is 1. The molecule has 0 atom stereocenters. The van der Waals surface area contributed by atoms with E-state index in [1.165, 1.54) is 19.2 Å². The van der Waals surface area contributed by atoms with Crippen LogP contribution < -0.4 is 9.64 Å². The molecule has 0 fully saturated rings. The number of nitro benzene ring substituents is 1. The molecule has 0 saturated carbocycles. The first-order valence-corrected chi connectivity index (χ1v) is 7.87. The summed E-state index contributed by atoms with van der Waals surface area (Å²) in [6.45, 7) is 0. The molecule has 8 heteroatoms. The number of carbonyl (C=O) groups excluding carboxylic acids is 2. The topological polar surface area (TPSA) is 89.8 Å². The average Bonchev–Trinajstić information content (AvgIpc) is 2.79. The van der Waals surface area contributed by atoms with Crippen LogP contribution in [0.3, 0.4) is 0 Å². The second kappa shape index (κ2) is 5.77. The first-order valence-electron chi connectivity index (χ1n) is 7.08. The molecule has 1 aromatic carbocycles. The van der Waals surface area contributed by atoms with E-state index in [0.717, 1.165) is 17.7 Å². The fourth-order valence-corrected chi connectivity index (χ4v) is 3.47. The summed E-state index contributed by atoms with van der Waals surface area (Å²) >= 11 is 3.18. The number of anilines is 1. The van der Waals surface area contributed by atoms with Crippen LogP contribution in [0.4, 0.5) is 11.4 Å². The van der Waals surface area contributed by atoms with Crippen molar-refractivity contribution < 1.29 is 19.2 Å².